The van der Waals surface area contributed by atoms with Crippen LogP contribution in [0.25, 0.3) is 0 Å². The number of carbonyl (C=O) groups excluding carboxylic acids is 3. The molecule has 0 bridgehead atoms. The molecule has 0 unspecified atom stereocenters. The third-order valence-corrected chi connectivity index (χ3v) is 4.81. The van der Waals surface area contributed by atoms with E-state index in [1.165, 1.54) is 0 Å². The number of benzene rings is 1. The van der Waals surface area contributed by atoms with Crippen LogP contribution in [0.2, 0.25) is 0 Å². The Morgan fingerprint density at radius 2 is 1.30 bits per heavy atom. The van der Waals surface area contributed by atoms with E-state index in [0.717, 1.165) is 18.1 Å². The maximum atomic E-state index is 11.6. The number of rotatable bonds is 10. The lowest BCUT2D eigenvalue weighted by molar-refractivity contribution is -0.158. The van der Waals surface area contributed by atoms with Crippen molar-refractivity contribution >= 4 is 17.9 Å². The Hall–Kier alpha value is -2.63. The first kappa shape index (κ1) is 27.4. The molecule has 1 aromatic carbocycles. The Morgan fingerprint density at radius 3 is 1.77 bits per heavy atom. The predicted molar refractivity (Wildman–Crippen MR) is 116 cm³/mol. The Kier molecular flexibility index (Phi) is 12.4. The molecule has 0 atom stereocenters. The van der Waals surface area contributed by atoms with Gasteiger partial charge in [0, 0.05) is 6.08 Å². The van der Waals surface area contributed by atoms with Crippen molar-refractivity contribution in [3.8, 4) is 0 Å². The normalized spacial score (nSPS) is 10.9. The van der Waals surface area contributed by atoms with Crippen molar-refractivity contribution in [3.05, 3.63) is 48.6 Å². The molecule has 0 N–H and O–H groups in total. The average Bonchev–Trinajstić information content (AvgIpc) is 2.75. The maximum absolute atomic E-state index is 11.6. The number of carbonyl (C=O) groups is 3. The van der Waals surface area contributed by atoms with Gasteiger partial charge in [0.2, 0.25) is 0 Å². The third kappa shape index (κ3) is 10.8. The minimum Gasteiger partial charge on any atom is -0.462 e. The smallest absolute Gasteiger partial charge is 0.330 e. The van der Waals surface area contributed by atoms with E-state index >= 15 is 0 Å². The lowest BCUT2D eigenvalue weighted by atomic mass is 9.91. The van der Waals surface area contributed by atoms with Gasteiger partial charge in [-0.25, -0.2) is 4.79 Å². The molecule has 6 heteroatoms. The molecule has 0 aliphatic heterocycles. The number of esters is 3. The summed E-state index contributed by atoms with van der Waals surface area (Å²) in [7, 11) is 0. The Bertz CT molecular complexity index is 676. The minimum absolute atomic E-state index is 0.0659. The van der Waals surface area contributed by atoms with Gasteiger partial charge < -0.3 is 14.2 Å². The first-order chi connectivity index (χ1) is 14.0. The van der Waals surface area contributed by atoms with E-state index in [2.05, 4.69) is 11.3 Å². The van der Waals surface area contributed by atoms with Crippen LogP contribution in [0.3, 0.4) is 0 Å². The van der Waals surface area contributed by atoms with E-state index in [1.807, 2.05) is 71.9 Å². The van der Waals surface area contributed by atoms with Crippen LogP contribution >= 0.6 is 0 Å². The van der Waals surface area contributed by atoms with Gasteiger partial charge in [-0.3, -0.25) is 9.59 Å². The van der Waals surface area contributed by atoms with Gasteiger partial charge in [0.1, 0.15) is 19.8 Å². The lowest BCUT2D eigenvalue weighted by Gasteiger charge is -2.20. The first-order valence-corrected chi connectivity index (χ1v) is 10.2. The van der Waals surface area contributed by atoms with Crippen LogP contribution in [0.4, 0.5) is 0 Å². The predicted octanol–water partition coefficient (Wildman–Crippen LogP) is 4.86. The summed E-state index contributed by atoms with van der Waals surface area (Å²) in [5.41, 5.74) is 0.162. The molecule has 0 amide bonds. The summed E-state index contributed by atoms with van der Waals surface area (Å²) in [6, 6.07) is 9.72. The fourth-order valence-corrected chi connectivity index (χ4v) is 1.74. The summed E-state index contributed by atoms with van der Waals surface area (Å²) in [4.78, 5) is 33.7. The summed E-state index contributed by atoms with van der Waals surface area (Å²) in [6.07, 6.45) is 2.57. The summed E-state index contributed by atoms with van der Waals surface area (Å²) in [5, 5.41) is 0. The highest BCUT2D eigenvalue weighted by atomic mass is 16.6. The van der Waals surface area contributed by atoms with Gasteiger partial charge in [-0.1, -0.05) is 50.8 Å². The van der Waals surface area contributed by atoms with Crippen LogP contribution in [0.1, 0.15) is 59.9 Å². The summed E-state index contributed by atoms with van der Waals surface area (Å²) >= 11 is 0. The largest absolute Gasteiger partial charge is 0.462 e. The van der Waals surface area contributed by atoms with Gasteiger partial charge in [-0.05, 0) is 46.1 Å². The van der Waals surface area contributed by atoms with Crippen molar-refractivity contribution in [2.24, 2.45) is 10.8 Å². The summed E-state index contributed by atoms with van der Waals surface area (Å²) in [6.45, 7) is 15.1. The van der Waals surface area contributed by atoms with Crippen molar-refractivity contribution in [1.82, 2.24) is 0 Å². The highest BCUT2D eigenvalue weighted by Crippen LogP contribution is 2.22. The van der Waals surface area contributed by atoms with Gasteiger partial charge in [0.25, 0.3) is 0 Å². The van der Waals surface area contributed by atoms with E-state index in [4.69, 9.17) is 9.47 Å². The molecule has 0 radical (unpaired) electrons. The zero-order valence-electron chi connectivity index (χ0n) is 19.2. The minimum atomic E-state index is -0.513. The Morgan fingerprint density at radius 1 is 0.833 bits per heavy atom. The van der Waals surface area contributed by atoms with Gasteiger partial charge in [-0.15, -0.1) is 0 Å². The molecule has 0 fully saturated rings. The van der Waals surface area contributed by atoms with Crippen LogP contribution < -0.4 is 0 Å². The van der Waals surface area contributed by atoms with Crippen molar-refractivity contribution in [1.29, 1.82) is 0 Å². The highest BCUT2D eigenvalue weighted by Gasteiger charge is 2.27. The second-order valence-corrected chi connectivity index (χ2v) is 8.04. The van der Waals surface area contributed by atoms with Crippen molar-refractivity contribution in [3.63, 3.8) is 0 Å². The monoisotopic (exact) mass is 420 g/mol. The van der Waals surface area contributed by atoms with E-state index in [0.29, 0.717) is 13.0 Å². The zero-order valence-corrected chi connectivity index (χ0v) is 19.2. The lowest BCUT2D eigenvalue weighted by Crippen LogP contribution is -2.27. The molecular weight excluding hydrogens is 384 g/mol. The second-order valence-electron chi connectivity index (χ2n) is 8.04. The van der Waals surface area contributed by atoms with E-state index in [-0.39, 0.29) is 30.6 Å². The molecule has 30 heavy (non-hydrogen) atoms. The van der Waals surface area contributed by atoms with Gasteiger partial charge in [0.15, 0.2) is 0 Å². The second kappa shape index (κ2) is 13.6. The molecule has 168 valence electrons. The van der Waals surface area contributed by atoms with Gasteiger partial charge in [-0.2, -0.15) is 0 Å². The fraction of sp³-hybridized carbons (Fsp3) is 0.542. The third-order valence-electron chi connectivity index (χ3n) is 4.81. The topological polar surface area (TPSA) is 78.9 Å². The fourth-order valence-electron chi connectivity index (χ4n) is 1.74. The number of hydrogen-bond acceptors (Lipinski definition) is 6. The molecule has 0 spiro atoms. The SMILES string of the molecule is C=CC(=O)OCCOC(=O)C(C)(C)CC.CCC(C)(C)C(=O)OCc1ccccc1. The Balaban J connectivity index is 0.000000561. The molecule has 1 aromatic rings. The van der Waals surface area contributed by atoms with E-state index < -0.39 is 11.4 Å². The number of hydrogen-bond donors (Lipinski definition) is 0. The van der Waals surface area contributed by atoms with Crippen LogP contribution in [-0.4, -0.2) is 31.1 Å². The van der Waals surface area contributed by atoms with Crippen LogP contribution in [-0.2, 0) is 35.2 Å². The van der Waals surface area contributed by atoms with Crippen molar-refractivity contribution < 1.29 is 28.6 Å². The van der Waals surface area contributed by atoms with E-state index in [1.54, 1.807) is 0 Å². The van der Waals surface area contributed by atoms with Crippen LogP contribution in [0, 0.1) is 10.8 Å². The van der Waals surface area contributed by atoms with Gasteiger partial charge in [0.05, 0.1) is 10.8 Å². The zero-order chi connectivity index (χ0) is 23.2. The Labute approximate surface area is 180 Å². The molecule has 0 heterocycles. The first-order valence-electron chi connectivity index (χ1n) is 10.2. The van der Waals surface area contributed by atoms with Crippen LogP contribution in [0.5, 0.6) is 0 Å². The summed E-state index contributed by atoms with van der Waals surface area (Å²) in [5.74, 6) is -0.922. The quantitative estimate of drug-likeness (QED) is 0.233. The van der Waals surface area contributed by atoms with Gasteiger partial charge >= 0.3 is 17.9 Å². The molecule has 0 aromatic heterocycles. The molecule has 0 aliphatic rings. The maximum Gasteiger partial charge on any atom is 0.330 e. The number of ether oxygens (including phenoxy) is 3. The standard InChI is InChI=1S/C13H18O2.C11H18O4/c1-4-13(2,3)12(14)15-10-11-8-6-5-7-9-11;1-5-9(12)14-7-8-15-10(13)11(3,4)6-2/h5-9H,4,10H2,1-3H3;5H,1,6-8H2,2-4H3. The molecular formula is C24H36O6. The average molecular weight is 421 g/mol. The molecule has 6 nitrogen and oxygen atoms in total. The molecule has 0 saturated carbocycles. The van der Waals surface area contributed by atoms with Crippen molar-refractivity contribution in [2.45, 2.75) is 61.0 Å². The molecule has 0 aliphatic carbocycles. The molecule has 1 rings (SSSR count). The molecule has 0 saturated heterocycles. The highest BCUT2D eigenvalue weighted by molar-refractivity contribution is 5.81. The van der Waals surface area contributed by atoms with Crippen molar-refractivity contribution in [2.75, 3.05) is 13.2 Å². The van der Waals surface area contributed by atoms with Crippen LogP contribution in [0.15, 0.2) is 43.0 Å². The summed E-state index contributed by atoms with van der Waals surface area (Å²) < 4.78 is 14.8. The van der Waals surface area contributed by atoms with E-state index in [9.17, 15) is 14.4 Å².